The Labute approximate surface area is 176 Å². The summed E-state index contributed by atoms with van der Waals surface area (Å²) in [5.41, 5.74) is 2.22. The molecule has 0 saturated carbocycles. The Balaban J connectivity index is 0.00000205. The molecule has 3 aliphatic rings. The number of piperidine rings is 1. The first-order chi connectivity index (χ1) is 13.7. The van der Waals surface area contributed by atoms with Crippen LogP contribution in [0.15, 0.2) is 47.1 Å². The summed E-state index contributed by atoms with van der Waals surface area (Å²) < 4.78 is 5.32. The molecule has 2 amide bonds. The molecule has 0 aliphatic carbocycles. The summed E-state index contributed by atoms with van der Waals surface area (Å²) in [5, 5.41) is 6.85. The Morgan fingerprint density at radius 3 is 2.45 bits per heavy atom. The molecule has 4 heterocycles. The van der Waals surface area contributed by atoms with E-state index in [9.17, 15) is 9.59 Å². The van der Waals surface area contributed by atoms with Gasteiger partial charge < -0.3 is 20.0 Å². The lowest BCUT2D eigenvalue weighted by atomic mass is 9.92. The van der Waals surface area contributed by atoms with Gasteiger partial charge in [-0.2, -0.15) is 0 Å². The number of carbonyl (C=O) groups is 2. The van der Waals surface area contributed by atoms with E-state index in [0.29, 0.717) is 25.0 Å². The molecule has 0 spiro atoms. The molecule has 6 nitrogen and oxygen atoms in total. The van der Waals surface area contributed by atoms with E-state index in [1.54, 1.807) is 17.0 Å². The Morgan fingerprint density at radius 2 is 1.76 bits per heavy atom. The number of halogens is 1. The van der Waals surface area contributed by atoms with Gasteiger partial charge in [-0.15, -0.1) is 12.4 Å². The highest BCUT2D eigenvalue weighted by molar-refractivity contribution is 5.96. The highest BCUT2D eigenvalue weighted by Crippen LogP contribution is 2.28. The fourth-order valence-corrected chi connectivity index (χ4v) is 4.98. The number of furan rings is 1. The third-order valence-corrected chi connectivity index (χ3v) is 6.36. The Bertz CT molecular complexity index is 873. The van der Waals surface area contributed by atoms with Crippen molar-refractivity contribution in [1.29, 1.82) is 0 Å². The second-order valence-electron chi connectivity index (χ2n) is 8.21. The highest BCUT2D eigenvalue weighted by atomic mass is 35.5. The normalized spacial score (nSPS) is 27.7. The first kappa shape index (κ1) is 20.0. The maximum absolute atomic E-state index is 13.2. The van der Waals surface area contributed by atoms with Crippen LogP contribution in [-0.4, -0.2) is 40.9 Å². The number of hydrogen-bond acceptors (Lipinski definition) is 4. The average Bonchev–Trinajstić information content (AvgIpc) is 3.36. The zero-order valence-electron chi connectivity index (χ0n) is 16.2. The van der Waals surface area contributed by atoms with E-state index in [0.717, 1.165) is 24.0 Å². The van der Waals surface area contributed by atoms with E-state index in [-0.39, 0.29) is 36.0 Å². The van der Waals surface area contributed by atoms with Crippen LogP contribution >= 0.6 is 12.4 Å². The van der Waals surface area contributed by atoms with Crippen molar-refractivity contribution >= 4 is 24.2 Å². The van der Waals surface area contributed by atoms with Crippen LogP contribution in [0.4, 0.5) is 0 Å². The summed E-state index contributed by atoms with van der Waals surface area (Å²) in [4.78, 5) is 27.9. The van der Waals surface area contributed by atoms with Crippen LogP contribution < -0.4 is 10.6 Å². The number of carbonyl (C=O) groups excluding carboxylic acids is 2. The zero-order valence-corrected chi connectivity index (χ0v) is 17.0. The molecular formula is C22H26ClN3O3. The maximum Gasteiger partial charge on any atom is 0.290 e. The van der Waals surface area contributed by atoms with Gasteiger partial charge in [0.25, 0.3) is 5.91 Å². The minimum absolute atomic E-state index is 0. The molecule has 3 unspecified atom stereocenters. The monoisotopic (exact) mass is 415 g/mol. The van der Waals surface area contributed by atoms with Crippen LogP contribution in [0.5, 0.6) is 0 Å². The van der Waals surface area contributed by atoms with Crippen molar-refractivity contribution in [2.75, 3.05) is 0 Å². The van der Waals surface area contributed by atoms with Gasteiger partial charge in [0.2, 0.25) is 5.91 Å². The van der Waals surface area contributed by atoms with Gasteiger partial charge >= 0.3 is 0 Å². The van der Waals surface area contributed by atoms with Gasteiger partial charge in [-0.3, -0.25) is 9.59 Å². The lowest BCUT2D eigenvalue weighted by Gasteiger charge is -2.37. The molecule has 29 heavy (non-hydrogen) atoms. The minimum atomic E-state index is -0.514. The standard InChI is InChI=1S/C22H25N3O3.ClH/c26-21(24-18-11-16-7-8-17(12-18)23-16)19-10-14-4-1-2-5-15(14)13-25(19)22(27)20-6-3-9-28-20;/h1-6,9,16-19,23H,7-8,10-13H2,(H,24,26);1H. The van der Waals surface area contributed by atoms with Crippen molar-refractivity contribution in [3.05, 3.63) is 59.5 Å². The number of rotatable bonds is 3. The summed E-state index contributed by atoms with van der Waals surface area (Å²) in [6.07, 6.45) is 6.35. The third-order valence-electron chi connectivity index (χ3n) is 6.36. The van der Waals surface area contributed by atoms with Gasteiger partial charge in [0, 0.05) is 31.1 Å². The fraction of sp³-hybridized carbons (Fsp3) is 0.455. The van der Waals surface area contributed by atoms with Crippen molar-refractivity contribution in [2.24, 2.45) is 0 Å². The molecule has 2 saturated heterocycles. The zero-order chi connectivity index (χ0) is 19.1. The minimum Gasteiger partial charge on any atom is -0.459 e. The second kappa shape index (κ2) is 8.20. The summed E-state index contributed by atoms with van der Waals surface area (Å²) in [7, 11) is 0. The van der Waals surface area contributed by atoms with Gasteiger partial charge in [0.05, 0.1) is 6.26 Å². The SMILES string of the molecule is Cl.O=C(NC1CC2CCC(C1)N2)C1Cc2ccccc2CN1C(=O)c1ccco1. The molecule has 5 rings (SSSR count). The van der Waals surface area contributed by atoms with Crippen LogP contribution in [0.3, 0.4) is 0 Å². The number of benzene rings is 1. The Kier molecular flexibility index (Phi) is 5.65. The fourth-order valence-electron chi connectivity index (χ4n) is 4.98. The van der Waals surface area contributed by atoms with Gasteiger partial charge in [-0.25, -0.2) is 0 Å². The van der Waals surface area contributed by atoms with Crippen molar-refractivity contribution < 1.29 is 14.0 Å². The topological polar surface area (TPSA) is 74.6 Å². The van der Waals surface area contributed by atoms with Crippen molar-refractivity contribution in [3.63, 3.8) is 0 Å². The second-order valence-corrected chi connectivity index (χ2v) is 8.21. The van der Waals surface area contributed by atoms with Gasteiger partial charge in [-0.1, -0.05) is 24.3 Å². The van der Waals surface area contributed by atoms with E-state index in [4.69, 9.17) is 4.42 Å². The number of nitrogens with zero attached hydrogens (tertiary/aromatic N) is 1. The Hall–Kier alpha value is -2.31. The summed E-state index contributed by atoms with van der Waals surface area (Å²) in [6.45, 7) is 0.422. The molecule has 7 heteroatoms. The van der Waals surface area contributed by atoms with E-state index >= 15 is 0 Å². The number of nitrogens with one attached hydrogen (secondary N) is 2. The number of hydrogen-bond donors (Lipinski definition) is 2. The van der Waals surface area contributed by atoms with E-state index < -0.39 is 6.04 Å². The predicted molar refractivity (Wildman–Crippen MR) is 111 cm³/mol. The summed E-state index contributed by atoms with van der Waals surface area (Å²) >= 11 is 0. The molecule has 1 aromatic heterocycles. The van der Waals surface area contributed by atoms with E-state index in [1.165, 1.54) is 19.1 Å². The van der Waals surface area contributed by atoms with Crippen LogP contribution in [0, 0.1) is 0 Å². The molecule has 2 bridgehead atoms. The Morgan fingerprint density at radius 1 is 1.03 bits per heavy atom. The summed E-state index contributed by atoms with van der Waals surface area (Å²) in [5.74, 6) is -0.0113. The molecular weight excluding hydrogens is 390 g/mol. The average molecular weight is 416 g/mol. The molecule has 2 N–H and O–H groups in total. The summed E-state index contributed by atoms with van der Waals surface area (Å²) in [6, 6.07) is 12.1. The molecule has 2 aromatic rings. The molecule has 0 radical (unpaired) electrons. The van der Waals surface area contributed by atoms with Crippen LogP contribution in [0.2, 0.25) is 0 Å². The third kappa shape index (κ3) is 3.91. The smallest absolute Gasteiger partial charge is 0.290 e. The molecule has 1 aromatic carbocycles. The van der Waals surface area contributed by atoms with Crippen molar-refractivity contribution in [1.82, 2.24) is 15.5 Å². The van der Waals surface area contributed by atoms with E-state index in [1.807, 2.05) is 18.2 Å². The lowest BCUT2D eigenvalue weighted by Crippen LogP contribution is -2.56. The van der Waals surface area contributed by atoms with Gasteiger partial charge in [-0.05, 0) is 48.9 Å². The molecule has 2 fully saturated rings. The van der Waals surface area contributed by atoms with Crippen molar-refractivity contribution in [2.45, 2.75) is 62.8 Å². The maximum atomic E-state index is 13.2. The van der Waals surface area contributed by atoms with Gasteiger partial charge in [0.15, 0.2) is 5.76 Å². The van der Waals surface area contributed by atoms with Crippen LogP contribution in [0.1, 0.15) is 47.4 Å². The quantitative estimate of drug-likeness (QED) is 0.808. The molecule has 3 aliphatic heterocycles. The largest absolute Gasteiger partial charge is 0.459 e. The first-order valence-electron chi connectivity index (χ1n) is 10.1. The predicted octanol–water partition coefficient (Wildman–Crippen LogP) is 2.67. The van der Waals surface area contributed by atoms with Crippen molar-refractivity contribution in [3.8, 4) is 0 Å². The number of fused-ring (bicyclic) bond motifs is 3. The van der Waals surface area contributed by atoms with Crippen LogP contribution in [-0.2, 0) is 17.8 Å². The van der Waals surface area contributed by atoms with Crippen LogP contribution in [0.25, 0.3) is 0 Å². The van der Waals surface area contributed by atoms with E-state index in [2.05, 4.69) is 16.7 Å². The molecule has 154 valence electrons. The molecule has 3 atom stereocenters. The number of amides is 2. The lowest BCUT2D eigenvalue weighted by molar-refractivity contribution is -0.127. The van der Waals surface area contributed by atoms with Gasteiger partial charge in [0.1, 0.15) is 6.04 Å². The highest BCUT2D eigenvalue weighted by Gasteiger charge is 2.39. The first-order valence-corrected chi connectivity index (χ1v) is 10.1.